The van der Waals surface area contributed by atoms with Gasteiger partial charge in [-0.25, -0.2) is 14.2 Å². The van der Waals surface area contributed by atoms with Crippen LogP contribution in [-0.4, -0.2) is 45.5 Å². The Balaban J connectivity index is 1.61. The van der Waals surface area contributed by atoms with Crippen molar-refractivity contribution in [2.24, 2.45) is 0 Å². The second kappa shape index (κ2) is 9.90. The van der Waals surface area contributed by atoms with Crippen LogP contribution in [0.25, 0.3) is 0 Å². The Morgan fingerprint density at radius 2 is 1.81 bits per heavy atom. The van der Waals surface area contributed by atoms with E-state index < -0.39 is 11.0 Å². The van der Waals surface area contributed by atoms with Gasteiger partial charge in [0, 0.05) is 24.8 Å². The molecule has 0 amide bonds. The molecule has 0 aliphatic carbocycles. The minimum atomic E-state index is -1.39. The molecule has 4 rings (SSSR count). The molecule has 1 unspecified atom stereocenters. The van der Waals surface area contributed by atoms with E-state index in [1.165, 1.54) is 0 Å². The van der Waals surface area contributed by atoms with E-state index in [1.54, 1.807) is 12.5 Å². The lowest BCUT2D eigenvalue weighted by molar-refractivity contribution is 0.122. The molecule has 7 nitrogen and oxygen atoms in total. The molecular weight excluding hydrogens is 422 g/mol. The Labute approximate surface area is 190 Å². The van der Waals surface area contributed by atoms with Gasteiger partial charge in [0.1, 0.15) is 12.1 Å². The molecule has 32 heavy (non-hydrogen) atoms. The summed E-state index contributed by atoms with van der Waals surface area (Å²) in [6.07, 6.45) is 3.29. The lowest BCUT2D eigenvalue weighted by Crippen LogP contribution is -2.37. The van der Waals surface area contributed by atoms with Gasteiger partial charge in [0.05, 0.1) is 40.7 Å². The summed E-state index contributed by atoms with van der Waals surface area (Å²) in [5.41, 5.74) is 4.76. The van der Waals surface area contributed by atoms with Gasteiger partial charge >= 0.3 is 0 Å². The second-order valence-corrected chi connectivity index (χ2v) is 8.68. The van der Waals surface area contributed by atoms with E-state index in [1.807, 2.05) is 51.1 Å². The van der Waals surface area contributed by atoms with Crippen LogP contribution in [0.4, 0.5) is 11.5 Å². The molecule has 0 radical (unpaired) electrons. The zero-order valence-electron chi connectivity index (χ0n) is 18.4. The van der Waals surface area contributed by atoms with Crippen LogP contribution in [0, 0.1) is 32.6 Å². The number of aryl methyl sites for hydroxylation is 3. The van der Waals surface area contributed by atoms with Crippen molar-refractivity contribution in [2.75, 3.05) is 35.9 Å². The Morgan fingerprint density at radius 1 is 1.03 bits per heavy atom. The molecule has 1 aliphatic rings. The minimum absolute atomic E-state index is 0.671. The predicted octanol–water partition coefficient (Wildman–Crippen LogP) is 3.17. The fourth-order valence-electron chi connectivity index (χ4n) is 3.38. The smallest absolute Gasteiger partial charge is 0.150 e. The summed E-state index contributed by atoms with van der Waals surface area (Å²) in [4.78, 5) is 16.2. The van der Waals surface area contributed by atoms with Gasteiger partial charge in [-0.05, 0) is 38.5 Å². The number of anilines is 2. The van der Waals surface area contributed by atoms with Crippen LogP contribution in [0.15, 0.2) is 47.8 Å². The van der Waals surface area contributed by atoms with Crippen LogP contribution in [-0.2, 0) is 15.7 Å². The number of hydrogen-bond acceptors (Lipinski definition) is 6. The molecule has 1 fully saturated rings. The van der Waals surface area contributed by atoms with Gasteiger partial charge in [-0.2, -0.15) is 0 Å². The fourth-order valence-corrected chi connectivity index (χ4v) is 4.46. The molecule has 0 spiro atoms. The van der Waals surface area contributed by atoms with E-state index in [-0.39, 0.29) is 0 Å². The first-order valence-electron chi connectivity index (χ1n) is 10.4. The van der Waals surface area contributed by atoms with Crippen molar-refractivity contribution in [2.45, 2.75) is 25.7 Å². The van der Waals surface area contributed by atoms with E-state index in [0.717, 1.165) is 51.9 Å². The summed E-state index contributed by atoms with van der Waals surface area (Å²) in [6.45, 7) is 8.64. The highest BCUT2D eigenvalue weighted by molar-refractivity contribution is 7.86. The highest BCUT2D eigenvalue weighted by Crippen LogP contribution is 2.21. The Bertz CT molecular complexity index is 1210. The standard InChI is InChI=1S/C24H25N5O2S/c1-17-6-4-5-7-23(17)32(30)28-22-14-20(15-25-19(22)3)8-9-21-18(2)26-16-27-24(21)29-10-12-31-13-11-29/h4-7,14-16,28H,10-13H2,1-3H3. The van der Waals surface area contributed by atoms with E-state index in [9.17, 15) is 4.21 Å². The predicted molar refractivity (Wildman–Crippen MR) is 126 cm³/mol. The summed E-state index contributed by atoms with van der Waals surface area (Å²) >= 11 is 0. The molecule has 1 N–H and O–H groups in total. The zero-order valence-corrected chi connectivity index (χ0v) is 19.2. The van der Waals surface area contributed by atoms with E-state index in [2.05, 4.69) is 36.4 Å². The summed E-state index contributed by atoms with van der Waals surface area (Å²) in [6, 6.07) is 9.48. The Hall–Kier alpha value is -3.28. The number of morpholine rings is 1. The third-order valence-electron chi connectivity index (χ3n) is 5.24. The Morgan fingerprint density at radius 3 is 2.59 bits per heavy atom. The molecule has 1 aromatic carbocycles. The SMILES string of the molecule is Cc1ccccc1S(=O)Nc1cc(C#Cc2c(C)ncnc2N2CCOCC2)cnc1C. The number of benzene rings is 1. The molecule has 8 heteroatoms. The maximum atomic E-state index is 12.8. The van der Waals surface area contributed by atoms with E-state index in [0.29, 0.717) is 18.9 Å². The van der Waals surface area contributed by atoms with Crippen molar-refractivity contribution in [3.63, 3.8) is 0 Å². The quantitative estimate of drug-likeness (QED) is 0.619. The third kappa shape index (κ3) is 4.96. The molecule has 1 saturated heterocycles. The number of pyridine rings is 1. The number of rotatable bonds is 4. The number of nitrogens with one attached hydrogen (secondary N) is 1. The van der Waals surface area contributed by atoms with Crippen molar-refractivity contribution in [1.82, 2.24) is 15.0 Å². The molecule has 3 aromatic rings. The lowest BCUT2D eigenvalue weighted by Gasteiger charge is -2.28. The van der Waals surface area contributed by atoms with Crippen molar-refractivity contribution in [1.29, 1.82) is 0 Å². The first-order chi connectivity index (χ1) is 15.5. The fraction of sp³-hybridized carbons (Fsp3) is 0.292. The molecule has 3 heterocycles. The number of nitrogens with zero attached hydrogens (tertiary/aromatic N) is 4. The second-order valence-electron chi connectivity index (χ2n) is 7.50. The molecule has 0 bridgehead atoms. The first-order valence-corrected chi connectivity index (χ1v) is 11.5. The van der Waals surface area contributed by atoms with Crippen molar-refractivity contribution in [3.8, 4) is 11.8 Å². The number of ether oxygens (including phenoxy) is 1. The highest BCUT2D eigenvalue weighted by atomic mass is 32.2. The number of aromatic nitrogens is 3. The average Bonchev–Trinajstić information content (AvgIpc) is 2.81. The molecular formula is C24H25N5O2S. The van der Waals surface area contributed by atoms with Gasteiger partial charge in [0.15, 0.2) is 11.0 Å². The molecule has 2 aromatic heterocycles. The topological polar surface area (TPSA) is 80.2 Å². The minimum Gasteiger partial charge on any atom is -0.378 e. The zero-order chi connectivity index (χ0) is 22.5. The van der Waals surface area contributed by atoms with Crippen LogP contribution in [0.5, 0.6) is 0 Å². The molecule has 0 saturated carbocycles. The van der Waals surface area contributed by atoms with Gasteiger partial charge in [-0.15, -0.1) is 0 Å². The maximum Gasteiger partial charge on any atom is 0.150 e. The largest absolute Gasteiger partial charge is 0.378 e. The maximum absolute atomic E-state index is 12.8. The highest BCUT2D eigenvalue weighted by Gasteiger charge is 2.17. The van der Waals surface area contributed by atoms with Crippen molar-refractivity contribution in [3.05, 3.63) is 70.9 Å². The van der Waals surface area contributed by atoms with Gasteiger partial charge in [0.25, 0.3) is 0 Å². The first kappa shape index (κ1) is 21.9. The summed E-state index contributed by atoms with van der Waals surface area (Å²) in [5, 5.41) is 0. The van der Waals surface area contributed by atoms with Gasteiger partial charge < -0.3 is 9.64 Å². The third-order valence-corrected chi connectivity index (χ3v) is 6.51. The summed E-state index contributed by atoms with van der Waals surface area (Å²) < 4.78 is 21.4. The van der Waals surface area contributed by atoms with Crippen LogP contribution in [0.3, 0.4) is 0 Å². The molecule has 1 aliphatic heterocycles. The summed E-state index contributed by atoms with van der Waals surface area (Å²) in [5.74, 6) is 7.25. The van der Waals surface area contributed by atoms with Crippen LogP contribution < -0.4 is 9.62 Å². The van der Waals surface area contributed by atoms with Gasteiger partial charge in [-0.3, -0.25) is 9.71 Å². The summed E-state index contributed by atoms with van der Waals surface area (Å²) in [7, 11) is -1.39. The van der Waals surface area contributed by atoms with Crippen LogP contribution >= 0.6 is 0 Å². The lowest BCUT2D eigenvalue weighted by atomic mass is 10.1. The number of hydrogen-bond donors (Lipinski definition) is 1. The normalized spacial score (nSPS) is 14.4. The van der Waals surface area contributed by atoms with E-state index >= 15 is 0 Å². The van der Waals surface area contributed by atoms with Crippen molar-refractivity contribution >= 4 is 22.5 Å². The average molecular weight is 448 g/mol. The van der Waals surface area contributed by atoms with Gasteiger partial charge in [0.2, 0.25) is 0 Å². The van der Waals surface area contributed by atoms with Crippen molar-refractivity contribution < 1.29 is 8.95 Å². The van der Waals surface area contributed by atoms with E-state index in [4.69, 9.17) is 4.74 Å². The molecule has 1 atom stereocenters. The van der Waals surface area contributed by atoms with Crippen LogP contribution in [0.2, 0.25) is 0 Å². The monoisotopic (exact) mass is 447 g/mol. The van der Waals surface area contributed by atoms with Crippen LogP contribution in [0.1, 0.15) is 28.1 Å². The Kier molecular flexibility index (Phi) is 6.78. The molecule has 164 valence electrons. The van der Waals surface area contributed by atoms with Gasteiger partial charge in [-0.1, -0.05) is 30.0 Å².